The number of rotatable bonds is 7. The Morgan fingerprint density at radius 3 is 2.46 bits per heavy atom. The van der Waals surface area contributed by atoms with Gasteiger partial charge in [0.25, 0.3) is 0 Å². The molecular weight excluding hydrogens is 359 g/mol. The molecule has 0 spiro atoms. The first-order valence-corrected chi connectivity index (χ1v) is 10.1. The van der Waals surface area contributed by atoms with Crippen molar-refractivity contribution < 1.29 is 21.2 Å². The Labute approximate surface area is 139 Å². The Kier molecular flexibility index (Phi) is 5.47. The van der Waals surface area contributed by atoms with Crippen LogP contribution in [-0.2, 0) is 19.9 Å². The van der Waals surface area contributed by atoms with Gasteiger partial charge < -0.3 is 5.32 Å². The van der Waals surface area contributed by atoms with E-state index >= 15 is 0 Å². The van der Waals surface area contributed by atoms with E-state index in [9.17, 15) is 21.2 Å². The van der Waals surface area contributed by atoms with Gasteiger partial charge in [0.15, 0.2) is 9.84 Å². The van der Waals surface area contributed by atoms with E-state index in [1.807, 2.05) is 0 Å². The molecule has 2 aromatic rings. The van der Waals surface area contributed by atoms with Crippen molar-refractivity contribution in [3.8, 4) is 0 Å². The van der Waals surface area contributed by atoms with E-state index < -0.39 is 30.6 Å². The lowest BCUT2D eigenvalue weighted by Gasteiger charge is -2.09. The molecule has 0 aliphatic heterocycles. The molecule has 0 radical (unpaired) electrons. The number of hydrogen-bond donors (Lipinski definition) is 2. The summed E-state index contributed by atoms with van der Waals surface area (Å²) in [6.45, 7) is 0.260. The zero-order valence-electron chi connectivity index (χ0n) is 12.6. The van der Waals surface area contributed by atoms with Crippen molar-refractivity contribution in [3.63, 3.8) is 0 Å². The van der Waals surface area contributed by atoms with Crippen molar-refractivity contribution in [2.45, 2.75) is 9.79 Å². The topological polar surface area (TPSA) is 118 Å². The van der Waals surface area contributed by atoms with Crippen LogP contribution in [-0.4, -0.2) is 46.1 Å². The van der Waals surface area contributed by atoms with Gasteiger partial charge in [-0.25, -0.2) is 30.9 Å². The normalized spacial score (nSPS) is 12.1. The van der Waals surface area contributed by atoms with Crippen LogP contribution in [0.4, 0.5) is 10.2 Å². The minimum Gasteiger partial charge on any atom is -0.367 e. The van der Waals surface area contributed by atoms with E-state index in [1.165, 1.54) is 18.6 Å². The highest BCUT2D eigenvalue weighted by Gasteiger charge is 2.19. The molecule has 0 amide bonds. The molecule has 0 unspecified atom stereocenters. The lowest BCUT2D eigenvalue weighted by molar-refractivity contribution is 0.561. The van der Waals surface area contributed by atoms with Gasteiger partial charge in [-0.2, -0.15) is 0 Å². The summed E-state index contributed by atoms with van der Waals surface area (Å²) >= 11 is 0. The molecule has 1 aromatic heterocycles. The number of sulfone groups is 1. The van der Waals surface area contributed by atoms with E-state index in [2.05, 4.69) is 20.0 Å². The van der Waals surface area contributed by atoms with Crippen LogP contribution in [0.2, 0.25) is 0 Å². The van der Waals surface area contributed by atoms with E-state index in [1.54, 1.807) is 0 Å². The Morgan fingerprint density at radius 1 is 1.12 bits per heavy atom. The molecule has 0 saturated carbocycles. The van der Waals surface area contributed by atoms with Gasteiger partial charge in [0.05, 0.1) is 11.1 Å². The molecule has 1 aromatic carbocycles. The lowest BCUT2D eigenvalue weighted by Crippen LogP contribution is -2.29. The number of aromatic nitrogens is 2. The highest BCUT2D eigenvalue weighted by Crippen LogP contribution is 2.18. The van der Waals surface area contributed by atoms with Crippen LogP contribution in [0.1, 0.15) is 0 Å². The Bertz CT molecular complexity index is 918. The molecule has 11 heteroatoms. The second-order valence-electron chi connectivity index (χ2n) is 4.78. The van der Waals surface area contributed by atoms with E-state index in [4.69, 9.17) is 0 Å². The third-order valence-corrected chi connectivity index (χ3v) is 5.49. The maximum atomic E-state index is 13.8. The van der Waals surface area contributed by atoms with Gasteiger partial charge in [0.2, 0.25) is 10.0 Å². The average Bonchev–Trinajstić information content (AvgIpc) is 2.51. The fourth-order valence-electron chi connectivity index (χ4n) is 1.80. The van der Waals surface area contributed by atoms with Gasteiger partial charge in [-0.3, -0.25) is 4.98 Å². The smallest absolute Gasteiger partial charge is 0.240 e. The van der Waals surface area contributed by atoms with Gasteiger partial charge in [-0.05, 0) is 18.2 Å². The predicted molar refractivity (Wildman–Crippen MR) is 85.2 cm³/mol. The summed E-state index contributed by atoms with van der Waals surface area (Å²) < 4.78 is 62.9. The van der Waals surface area contributed by atoms with Crippen LogP contribution >= 0.6 is 0 Å². The summed E-state index contributed by atoms with van der Waals surface area (Å²) in [4.78, 5) is 6.90. The summed E-state index contributed by atoms with van der Waals surface area (Å²) in [5.74, 6) is -0.627. The SMILES string of the molecule is CS(=O)(=O)c1ccc(S(=O)(=O)NCCNc2cnccn2)cc1F. The zero-order valence-corrected chi connectivity index (χ0v) is 14.2. The monoisotopic (exact) mass is 374 g/mol. The average molecular weight is 374 g/mol. The Balaban J connectivity index is 2.01. The minimum atomic E-state index is -3.96. The van der Waals surface area contributed by atoms with E-state index in [0.717, 1.165) is 18.4 Å². The molecule has 0 aliphatic carbocycles. The lowest BCUT2D eigenvalue weighted by atomic mass is 10.3. The Morgan fingerprint density at radius 2 is 1.88 bits per heavy atom. The van der Waals surface area contributed by atoms with Gasteiger partial charge in [0.1, 0.15) is 16.5 Å². The summed E-state index contributed by atoms with van der Waals surface area (Å²) in [5.41, 5.74) is 0. The van der Waals surface area contributed by atoms with Crippen LogP contribution in [0.15, 0.2) is 46.6 Å². The molecule has 2 N–H and O–H groups in total. The van der Waals surface area contributed by atoms with Crippen LogP contribution < -0.4 is 10.0 Å². The van der Waals surface area contributed by atoms with E-state index in [0.29, 0.717) is 11.9 Å². The summed E-state index contributed by atoms with van der Waals surface area (Å²) in [6.07, 6.45) is 5.31. The van der Waals surface area contributed by atoms with Crippen molar-refractivity contribution in [1.29, 1.82) is 0 Å². The van der Waals surface area contributed by atoms with Crippen LogP contribution in [0.25, 0.3) is 0 Å². The van der Waals surface area contributed by atoms with Gasteiger partial charge >= 0.3 is 0 Å². The quantitative estimate of drug-likeness (QED) is 0.674. The highest BCUT2D eigenvalue weighted by atomic mass is 32.2. The number of benzene rings is 1. The number of hydrogen-bond acceptors (Lipinski definition) is 7. The van der Waals surface area contributed by atoms with Gasteiger partial charge in [-0.15, -0.1) is 0 Å². The molecule has 0 atom stereocenters. The fraction of sp³-hybridized carbons (Fsp3) is 0.231. The minimum absolute atomic E-state index is 0.0222. The van der Waals surface area contributed by atoms with E-state index in [-0.39, 0.29) is 18.0 Å². The van der Waals surface area contributed by atoms with Crippen LogP contribution in [0.5, 0.6) is 0 Å². The molecule has 8 nitrogen and oxygen atoms in total. The molecule has 0 saturated heterocycles. The summed E-state index contributed by atoms with van der Waals surface area (Å²) in [7, 11) is -7.72. The van der Waals surface area contributed by atoms with Gasteiger partial charge in [0, 0.05) is 31.7 Å². The molecule has 0 aliphatic rings. The number of anilines is 1. The van der Waals surface area contributed by atoms with Crippen molar-refractivity contribution in [3.05, 3.63) is 42.6 Å². The first-order valence-electron chi connectivity index (χ1n) is 6.69. The largest absolute Gasteiger partial charge is 0.367 e. The maximum Gasteiger partial charge on any atom is 0.240 e. The number of sulfonamides is 1. The first kappa shape index (κ1) is 18.2. The second-order valence-corrected chi connectivity index (χ2v) is 8.53. The Hall–Kier alpha value is -2.11. The van der Waals surface area contributed by atoms with Crippen LogP contribution in [0, 0.1) is 5.82 Å². The predicted octanol–water partition coefficient (Wildman–Crippen LogP) is 0.410. The zero-order chi connectivity index (χ0) is 17.8. The van der Waals surface area contributed by atoms with Crippen molar-refractivity contribution in [2.24, 2.45) is 0 Å². The van der Waals surface area contributed by atoms with Crippen LogP contribution in [0.3, 0.4) is 0 Å². The number of halogens is 1. The fourth-order valence-corrected chi connectivity index (χ4v) is 3.57. The van der Waals surface area contributed by atoms with Crippen molar-refractivity contribution >= 4 is 25.7 Å². The second kappa shape index (κ2) is 7.20. The third kappa shape index (κ3) is 4.69. The number of nitrogens with one attached hydrogen (secondary N) is 2. The van der Waals surface area contributed by atoms with Crippen molar-refractivity contribution in [1.82, 2.24) is 14.7 Å². The highest BCUT2D eigenvalue weighted by molar-refractivity contribution is 7.90. The molecule has 2 rings (SSSR count). The number of nitrogens with zero attached hydrogens (tertiary/aromatic N) is 2. The standard InChI is InChI=1S/C13H15FN4O4S2/c1-23(19,20)12-3-2-10(8-11(12)14)24(21,22)18-7-6-17-13-9-15-4-5-16-13/h2-5,8-9,18H,6-7H2,1H3,(H,16,17). The third-order valence-electron chi connectivity index (χ3n) is 2.90. The molecule has 0 fully saturated rings. The molecule has 24 heavy (non-hydrogen) atoms. The maximum absolute atomic E-state index is 13.8. The summed E-state index contributed by atoms with van der Waals surface area (Å²) in [5, 5.41) is 2.86. The van der Waals surface area contributed by atoms with Crippen molar-refractivity contribution in [2.75, 3.05) is 24.7 Å². The molecule has 130 valence electrons. The molecule has 0 bridgehead atoms. The molecule has 1 heterocycles. The summed E-state index contributed by atoms with van der Waals surface area (Å²) in [6, 6.07) is 2.64. The first-order chi connectivity index (χ1) is 11.2. The van der Waals surface area contributed by atoms with Gasteiger partial charge in [-0.1, -0.05) is 0 Å². The molecular formula is C13H15FN4O4S2.